The smallest absolute Gasteiger partial charge is 0.234 e. The molecule has 0 aliphatic heterocycles. The molecule has 0 aliphatic carbocycles. The lowest BCUT2D eigenvalue weighted by atomic mass is 10.2. The van der Waals surface area contributed by atoms with Gasteiger partial charge in [-0.15, -0.1) is 0 Å². The number of methoxy groups -OCH3 is 1. The van der Waals surface area contributed by atoms with E-state index in [4.69, 9.17) is 9.26 Å². The number of ketones is 1. The van der Waals surface area contributed by atoms with Gasteiger partial charge in [-0.25, -0.2) is 0 Å². The SMILES string of the molecule is CCC(=O)Cc1nc(C(C)OC)no1. The summed E-state index contributed by atoms with van der Waals surface area (Å²) >= 11 is 0. The molecule has 0 bridgehead atoms. The Hall–Kier alpha value is -1.23. The van der Waals surface area contributed by atoms with Crippen molar-refractivity contribution >= 4 is 5.78 Å². The van der Waals surface area contributed by atoms with Crippen LogP contribution in [0, 0.1) is 0 Å². The Bertz CT molecular complexity index is 309. The monoisotopic (exact) mass is 198 g/mol. The van der Waals surface area contributed by atoms with Crippen LogP contribution in [-0.2, 0) is 16.0 Å². The number of Topliss-reactive ketones (excluding diaryl/α,β-unsaturated/α-hetero) is 1. The highest BCUT2D eigenvalue weighted by Crippen LogP contribution is 2.11. The van der Waals surface area contributed by atoms with Gasteiger partial charge >= 0.3 is 0 Å². The Morgan fingerprint density at radius 3 is 2.93 bits per heavy atom. The summed E-state index contributed by atoms with van der Waals surface area (Å²) in [5, 5.41) is 3.71. The molecule has 78 valence electrons. The first-order valence-corrected chi connectivity index (χ1v) is 4.54. The van der Waals surface area contributed by atoms with Crippen LogP contribution in [0.3, 0.4) is 0 Å². The van der Waals surface area contributed by atoms with E-state index in [1.54, 1.807) is 14.0 Å². The summed E-state index contributed by atoms with van der Waals surface area (Å²) in [6, 6.07) is 0. The molecule has 0 spiro atoms. The van der Waals surface area contributed by atoms with Crippen LogP contribution in [0.2, 0.25) is 0 Å². The lowest BCUT2D eigenvalue weighted by Crippen LogP contribution is -2.02. The minimum Gasteiger partial charge on any atom is -0.374 e. The second-order valence-electron chi connectivity index (χ2n) is 2.99. The van der Waals surface area contributed by atoms with E-state index in [-0.39, 0.29) is 18.3 Å². The predicted octanol–water partition coefficient (Wildman–Crippen LogP) is 1.30. The third-order valence-corrected chi connectivity index (χ3v) is 1.94. The molecule has 1 aromatic rings. The minimum absolute atomic E-state index is 0.0882. The van der Waals surface area contributed by atoms with E-state index in [1.165, 1.54) is 0 Å². The van der Waals surface area contributed by atoms with Gasteiger partial charge in [0, 0.05) is 13.5 Å². The highest BCUT2D eigenvalue weighted by molar-refractivity contribution is 5.79. The number of rotatable bonds is 5. The normalized spacial score (nSPS) is 12.8. The van der Waals surface area contributed by atoms with E-state index in [2.05, 4.69) is 10.1 Å². The molecule has 0 N–H and O–H groups in total. The molecule has 14 heavy (non-hydrogen) atoms. The van der Waals surface area contributed by atoms with Crippen LogP contribution < -0.4 is 0 Å². The molecule has 1 atom stereocenters. The van der Waals surface area contributed by atoms with Gasteiger partial charge in [0.15, 0.2) is 5.82 Å². The van der Waals surface area contributed by atoms with Gasteiger partial charge in [0.25, 0.3) is 0 Å². The zero-order valence-electron chi connectivity index (χ0n) is 8.61. The van der Waals surface area contributed by atoms with Gasteiger partial charge in [-0.05, 0) is 6.92 Å². The van der Waals surface area contributed by atoms with Gasteiger partial charge in [0.2, 0.25) is 5.89 Å². The fourth-order valence-electron chi connectivity index (χ4n) is 0.904. The van der Waals surface area contributed by atoms with Gasteiger partial charge in [0.1, 0.15) is 11.9 Å². The molecule has 0 aliphatic rings. The topological polar surface area (TPSA) is 65.2 Å². The van der Waals surface area contributed by atoms with Gasteiger partial charge in [-0.1, -0.05) is 12.1 Å². The summed E-state index contributed by atoms with van der Waals surface area (Å²) in [4.78, 5) is 15.1. The maximum atomic E-state index is 11.1. The fraction of sp³-hybridized carbons (Fsp3) is 0.667. The molecule has 0 amide bonds. The van der Waals surface area contributed by atoms with E-state index in [0.29, 0.717) is 18.1 Å². The minimum atomic E-state index is -0.204. The zero-order valence-corrected chi connectivity index (χ0v) is 8.61. The first kappa shape index (κ1) is 10.8. The van der Waals surface area contributed by atoms with Crippen molar-refractivity contribution in [3.8, 4) is 0 Å². The van der Waals surface area contributed by atoms with Crippen molar-refractivity contribution in [2.75, 3.05) is 7.11 Å². The number of aromatic nitrogens is 2. The van der Waals surface area contributed by atoms with Crippen molar-refractivity contribution in [1.82, 2.24) is 10.1 Å². The third kappa shape index (κ3) is 2.63. The van der Waals surface area contributed by atoms with Gasteiger partial charge in [0.05, 0.1) is 6.42 Å². The Morgan fingerprint density at radius 1 is 1.64 bits per heavy atom. The van der Waals surface area contributed by atoms with Crippen molar-refractivity contribution in [1.29, 1.82) is 0 Å². The van der Waals surface area contributed by atoms with Crippen LogP contribution in [0.15, 0.2) is 4.52 Å². The molecule has 5 nitrogen and oxygen atoms in total. The van der Waals surface area contributed by atoms with Crippen LogP contribution in [0.1, 0.15) is 38.1 Å². The Labute approximate surface area is 82.4 Å². The number of hydrogen-bond acceptors (Lipinski definition) is 5. The van der Waals surface area contributed by atoms with Crippen LogP contribution in [0.25, 0.3) is 0 Å². The lowest BCUT2D eigenvalue weighted by Gasteiger charge is -2.00. The van der Waals surface area contributed by atoms with E-state index < -0.39 is 0 Å². The molecule has 1 heterocycles. The molecular formula is C9H14N2O3. The van der Waals surface area contributed by atoms with Crippen LogP contribution in [-0.4, -0.2) is 23.0 Å². The number of ether oxygens (including phenoxy) is 1. The van der Waals surface area contributed by atoms with E-state index in [1.807, 2.05) is 6.92 Å². The van der Waals surface area contributed by atoms with Gasteiger partial charge in [-0.2, -0.15) is 4.98 Å². The van der Waals surface area contributed by atoms with Crippen LogP contribution in [0.5, 0.6) is 0 Å². The maximum Gasteiger partial charge on any atom is 0.234 e. The molecule has 1 rings (SSSR count). The fourth-order valence-corrected chi connectivity index (χ4v) is 0.904. The van der Waals surface area contributed by atoms with Gasteiger partial charge in [-0.3, -0.25) is 4.79 Å². The Kier molecular flexibility index (Phi) is 3.76. The maximum absolute atomic E-state index is 11.1. The highest BCUT2D eigenvalue weighted by atomic mass is 16.5. The van der Waals surface area contributed by atoms with E-state index >= 15 is 0 Å². The summed E-state index contributed by atoms with van der Waals surface area (Å²) in [6.45, 7) is 3.62. The average Bonchev–Trinajstić information content (AvgIpc) is 2.65. The first-order valence-electron chi connectivity index (χ1n) is 4.54. The van der Waals surface area contributed by atoms with Crippen LogP contribution in [0.4, 0.5) is 0 Å². The van der Waals surface area contributed by atoms with Crippen molar-refractivity contribution in [2.24, 2.45) is 0 Å². The van der Waals surface area contributed by atoms with E-state index in [0.717, 1.165) is 0 Å². The summed E-state index contributed by atoms with van der Waals surface area (Å²) in [5.74, 6) is 0.924. The number of hydrogen-bond donors (Lipinski definition) is 0. The Morgan fingerprint density at radius 2 is 2.36 bits per heavy atom. The Balaban J connectivity index is 2.63. The molecule has 1 aromatic heterocycles. The highest BCUT2D eigenvalue weighted by Gasteiger charge is 2.14. The summed E-state index contributed by atoms with van der Waals surface area (Å²) in [7, 11) is 1.57. The molecule has 0 fully saturated rings. The standard InChI is InChI=1S/C9H14N2O3/c1-4-7(12)5-8-10-9(11-14-8)6(2)13-3/h6H,4-5H2,1-3H3. The molecule has 0 saturated heterocycles. The third-order valence-electron chi connectivity index (χ3n) is 1.94. The largest absolute Gasteiger partial charge is 0.374 e. The second kappa shape index (κ2) is 4.85. The number of carbonyl (C=O) groups is 1. The molecular weight excluding hydrogens is 184 g/mol. The van der Waals surface area contributed by atoms with Crippen LogP contribution >= 0.6 is 0 Å². The van der Waals surface area contributed by atoms with Crippen molar-refractivity contribution in [2.45, 2.75) is 32.8 Å². The second-order valence-corrected chi connectivity index (χ2v) is 2.99. The number of nitrogens with zero attached hydrogens (tertiary/aromatic N) is 2. The first-order chi connectivity index (χ1) is 6.67. The summed E-state index contributed by atoms with van der Waals surface area (Å²) in [6.07, 6.45) is 0.488. The molecule has 1 unspecified atom stereocenters. The van der Waals surface area contributed by atoms with E-state index in [9.17, 15) is 4.79 Å². The lowest BCUT2D eigenvalue weighted by molar-refractivity contribution is -0.118. The van der Waals surface area contributed by atoms with Gasteiger partial charge < -0.3 is 9.26 Å². The average molecular weight is 198 g/mol. The quantitative estimate of drug-likeness (QED) is 0.713. The molecule has 0 saturated carbocycles. The number of carbonyl (C=O) groups excluding carboxylic acids is 1. The molecule has 0 aromatic carbocycles. The van der Waals surface area contributed by atoms with Crippen molar-refractivity contribution < 1.29 is 14.1 Å². The molecule has 0 radical (unpaired) electrons. The predicted molar refractivity (Wildman–Crippen MR) is 48.7 cm³/mol. The summed E-state index contributed by atoms with van der Waals surface area (Å²) in [5.41, 5.74) is 0. The van der Waals surface area contributed by atoms with Crippen molar-refractivity contribution in [3.05, 3.63) is 11.7 Å². The van der Waals surface area contributed by atoms with Crippen molar-refractivity contribution in [3.63, 3.8) is 0 Å². The summed E-state index contributed by atoms with van der Waals surface area (Å²) < 4.78 is 9.91. The zero-order chi connectivity index (χ0) is 10.6. The molecule has 5 heteroatoms.